The Labute approximate surface area is 202 Å². The van der Waals surface area contributed by atoms with Gasteiger partial charge in [0.2, 0.25) is 5.91 Å². The van der Waals surface area contributed by atoms with Crippen molar-refractivity contribution in [2.24, 2.45) is 0 Å². The molecule has 5 rings (SSSR count). The number of hydrogen-bond donors (Lipinski definition) is 0. The molecule has 1 aliphatic heterocycles. The first-order valence-corrected chi connectivity index (χ1v) is 11.4. The summed E-state index contributed by atoms with van der Waals surface area (Å²) in [4.78, 5) is 26.3. The Hall–Kier alpha value is -4.27. The number of amides is 1. The lowest BCUT2D eigenvalue weighted by Crippen LogP contribution is -2.49. The summed E-state index contributed by atoms with van der Waals surface area (Å²) in [7, 11) is 1.60. The van der Waals surface area contributed by atoms with E-state index >= 15 is 0 Å². The maximum Gasteiger partial charge on any atom is 0.244 e. The lowest BCUT2D eigenvalue weighted by molar-refractivity contribution is -0.132. The molecule has 3 heterocycles. The third-order valence-corrected chi connectivity index (χ3v) is 5.99. The Kier molecular flexibility index (Phi) is 6.38. The molecule has 9 heteroatoms. The summed E-state index contributed by atoms with van der Waals surface area (Å²) in [5, 5.41) is 4.61. The van der Waals surface area contributed by atoms with Crippen LogP contribution in [0.15, 0.2) is 72.9 Å². The zero-order valence-electron chi connectivity index (χ0n) is 19.3. The molecule has 0 unspecified atom stereocenters. The van der Waals surface area contributed by atoms with Crippen LogP contribution in [0.25, 0.3) is 22.8 Å². The van der Waals surface area contributed by atoms with Crippen molar-refractivity contribution in [1.29, 1.82) is 0 Å². The van der Waals surface area contributed by atoms with Gasteiger partial charge in [-0.15, -0.1) is 5.10 Å². The molecular formula is C26H25FN6O2. The number of pyridine rings is 1. The van der Waals surface area contributed by atoms with Crippen molar-refractivity contribution in [3.63, 3.8) is 0 Å². The molecular weight excluding hydrogens is 447 g/mol. The third-order valence-electron chi connectivity index (χ3n) is 5.99. The summed E-state index contributed by atoms with van der Waals surface area (Å²) in [6.45, 7) is 2.67. The van der Waals surface area contributed by atoms with Gasteiger partial charge in [0.25, 0.3) is 0 Å². The van der Waals surface area contributed by atoms with Crippen LogP contribution < -0.4 is 9.64 Å². The highest BCUT2D eigenvalue weighted by Crippen LogP contribution is 2.26. The van der Waals surface area contributed by atoms with E-state index in [1.54, 1.807) is 30.1 Å². The molecule has 0 atom stereocenters. The van der Waals surface area contributed by atoms with Crippen molar-refractivity contribution in [1.82, 2.24) is 24.6 Å². The van der Waals surface area contributed by atoms with Gasteiger partial charge in [-0.05, 0) is 48.5 Å². The van der Waals surface area contributed by atoms with Crippen molar-refractivity contribution >= 4 is 11.7 Å². The molecule has 4 aromatic rings. The Balaban J connectivity index is 1.38. The van der Waals surface area contributed by atoms with E-state index in [4.69, 9.17) is 9.72 Å². The predicted octanol–water partition coefficient (Wildman–Crippen LogP) is 3.50. The van der Waals surface area contributed by atoms with Crippen LogP contribution in [-0.2, 0) is 11.3 Å². The molecule has 0 spiro atoms. The Morgan fingerprint density at radius 1 is 0.971 bits per heavy atom. The number of benzene rings is 2. The lowest BCUT2D eigenvalue weighted by atomic mass is 10.2. The molecule has 1 aliphatic rings. The lowest BCUT2D eigenvalue weighted by Gasteiger charge is -2.35. The first-order valence-electron chi connectivity index (χ1n) is 11.4. The minimum absolute atomic E-state index is 0.0367. The number of halogens is 1. The largest absolute Gasteiger partial charge is 0.497 e. The summed E-state index contributed by atoms with van der Waals surface area (Å²) in [5.41, 5.74) is 1.45. The molecule has 0 saturated carbocycles. The minimum atomic E-state index is -0.332. The number of piperazine rings is 1. The van der Waals surface area contributed by atoms with E-state index < -0.39 is 0 Å². The van der Waals surface area contributed by atoms with Gasteiger partial charge in [-0.3, -0.25) is 4.79 Å². The molecule has 0 bridgehead atoms. The van der Waals surface area contributed by atoms with Crippen molar-refractivity contribution in [3.05, 3.63) is 78.7 Å². The Morgan fingerprint density at radius 2 is 1.77 bits per heavy atom. The van der Waals surface area contributed by atoms with Gasteiger partial charge in [-0.2, -0.15) is 0 Å². The molecule has 8 nitrogen and oxygen atoms in total. The highest BCUT2D eigenvalue weighted by atomic mass is 19.1. The fraction of sp³-hybridized carbons (Fsp3) is 0.231. The fourth-order valence-electron chi connectivity index (χ4n) is 4.10. The van der Waals surface area contributed by atoms with E-state index in [-0.39, 0.29) is 18.3 Å². The number of carbonyl (C=O) groups excluding carboxylic acids is 1. The zero-order chi connectivity index (χ0) is 24.2. The highest BCUT2D eigenvalue weighted by molar-refractivity contribution is 5.77. The first-order chi connectivity index (χ1) is 17.1. The monoisotopic (exact) mass is 472 g/mol. The maximum atomic E-state index is 13.4. The molecule has 1 fully saturated rings. The molecule has 2 aromatic heterocycles. The number of nitrogens with zero attached hydrogens (tertiary/aromatic N) is 6. The molecule has 178 valence electrons. The zero-order valence-corrected chi connectivity index (χ0v) is 19.3. The standard InChI is InChI=1S/C26H25FN6O2/c1-35-22-6-4-5-20(17-22)26-29-25(19-8-10-21(27)11-9-19)30-33(26)18-24(34)32-15-13-31(14-16-32)23-7-2-3-12-28-23/h2-12,17H,13-16,18H2,1H3. The minimum Gasteiger partial charge on any atom is -0.497 e. The van der Waals surface area contributed by atoms with Crippen LogP contribution in [0.1, 0.15) is 0 Å². The number of hydrogen-bond acceptors (Lipinski definition) is 6. The summed E-state index contributed by atoms with van der Waals surface area (Å²) >= 11 is 0. The second-order valence-electron chi connectivity index (χ2n) is 8.21. The van der Waals surface area contributed by atoms with Gasteiger partial charge in [-0.1, -0.05) is 18.2 Å². The van der Waals surface area contributed by atoms with Crippen LogP contribution in [0, 0.1) is 5.82 Å². The summed E-state index contributed by atoms with van der Waals surface area (Å²) < 4.78 is 20.4. The average Bonchev–Trinajstić information content (AvgIpc) is 3.33. The summed E-state index contributed by atoms with van der Waals surface area (Å²) in [6.07, 6.45) is 1.77. The van der Waals surface area contributed by atoms with E-state index in [9.17, 15) is 9.18 Å². The van der Waals surface area contributed by atoms with Crippen LogP contribution in [0.3, 0.4) is 0 Å². The van der Waals surface area contributed by atoms with E-state index in [1.807, 2.05) is 47.4 Å². The Morgan fingerprint density at radius 3 is 2.49 bits per heavy atom. The number of carbonyl (C=O) groups is 1. The van der Waals surface area contributed by atoms with Gasteiger partial charge in [0.1, 0.15) is 23.9 Å². The number of rotatable bonds is 6. The van der Waals surface area contributed by atoms with Crippen molar-refractivity contribution in [2.45, 2.75) is 6.54 Å². The average molecular weight is 473 g/mol. The molecule has 0 radical (unpaired) electrons. The topological polar surface area (TPSA) is 76.4 Å². The number of methoxy groups -OCH3 is 1. The smallest absolute Gasteiger partial charge is 0.244 e. The van der Waals surface area contributed by atoms with Gasteiger partial charge >= 0.3 is 0 Å². The van der Waals surface area contributed by atoms with Crippen LogP contribution in [0.5, 0.6) is 5.75 Å². The van der Waals surface area contributed by atoms with E-state index in [0.717, 1.165) is 11.4 Å². The number of ether oxygens (including phenoxy) is 1. The highest BCUT2D eigenvalue weighted by Gasteiger charge is 2.24. The van der Waals surface area contributed by atoms with E-state index in [0.29, 0.717) is 49.1 Å². The molecule has 2 aromatic carbocycles. The van der Waals surface area contributed by atoms with Crippen LogP contribution in [-0.4, -0.2) is 63.8 Å². The molecule has 1 saturated heterocycles. The molecule has 35 heavy (non-hydrogen) atoms. The number of aromatic nitrogens is 4. The van der Waals surface area contributed by atoms with Crippen LogP contribution >= 0.6 is 0 Å². The van der Waals surface area contributed by atoms with E-state index in [1.165, 1.54) is 12.1 Å². The van der Waals surface area contributed by atoms with Crippen LogP contribution in [0.4, 0.5) is 10.2 Å². The van der Waals surface area contributed by atoms with Gasteiger partial charge in [0.05, 0.1) is 7.11 Å². The Bertz CT molecular complexity index is 1300. The summed E-state index contributed by atoms with van der Waals surface area (Å²) in [6, 6.07) is 19.3. The first kappa shape index (κ1) is 22.5. The second kappa shape index (κ2) is 9.92. The van der Waals surface area contributed by atoms with Crippen molar-refractivity contribution in [2.75, 3.05) is 38.2 Å². The number of anilines is 1. The molecule has 1 amide bonds. The predicted molar refractivity (Wildman–Crippen MR) is 130 cm³/mol. The van der Waals surface area contributed by atoms with Crippen LogP contribution in [0.2, 0.25) is 0 Å². The van der Waals surface area contributed by atoms with Gasteiger partial charge in [-0.25, -0.2) is 19.0 Å². The van der Waals surface area contributed by atoms with E-state index in [2.05, 4.69) is 15.0 Å². The second-order valence-corrected chi connectivity index (χ2v) is 8.21. The normalized spacial score (nSPS) is 13.7. The SMILES string of the molecule is COc1cccc(-c2nc(-c3ccc(F)cc3)nn2CC(=O)N2CCN(c3ccccn3)CC2)c1. The molecule has 0 N–H and O–H groups in total. The van der Waals surface area contributed by atoms with Gasteiger partial charge in [0.15, 0.2) is 11.6 Å². The summed E-state index contributed by atoms with van der Waals surface area (Å²) in [5.74, 6) is 2.20. The maximum absolute atomic E-state index is 13.4. The molecule has 0 aliphatic carbocycles. The van der Waals surface area contributed by atoms with Crippen molar-refractivity contribution < 1.29 is 13.9 Å². The van der Waals surface area contributed by atoms with Crippen molar-refractivity contribution in [3.8, 4) is 28.5 Å². The fourth-order valence-corrected chi connectivity index (χ4v) is 4.10. The van der Waals surface area contributed by atoms with Gasteiger partial charge in [0, 0.05) is 43.5 Å². The quantitative estimate of drug-likeness (QED) is 0.428. The third kappa shape index (κ3) is 4.98. The van der Waals surface area contributed by atoms with Gasteiger partial charge < -0.3 is 14.5 Å².